The van der Waals surface area contributed by atoms with Gasteiger partial charge in [-0.1, -0.05) is 44.4 Å². The van der Waals surface area contributed by atoms with Crippen molar-refractivity contribution in [2.24, 2.45) is 34.0 Å². The van der Waals surface area contributed by atoms with Crippen LogP contribution in [0.2, 0.25) is 0 Å². The van der Waals surface area contributed by atoms with Crippen LogP contribution in [0.25, 0.3) is 0 Å². The Morgan fingerprint density at radius 1 is 1.07 bits per heavy atom. The number of carbonyl (C=O) groups is 2. The number of ketones is 2. The molecule has 0 aliphatic heterocycles. The molecule has 0 aromatic carbocycles. The fourth-order valence-corrected chi connectivity index (χ4v) is 8.00. The van der Waals surface area contributed by atoms with Crippen molar-refractivity contribution in [3.8, 4) is 6.07 Å². The monoisotopic (exact) mass is 363 g/mol. The second kappa shape index (κ2) is 5.43. The van der Waals surface area contributed by atoms with Crippen molar-refractivity contribution in [2.45, 2.75) is 71.6 Å². The lowest BCUT2D eigenvalue weighted by Crippen LogP contribution is -2.53. The van der Waals surface area contributed by atoms with Gasteiger partial charge in [0.2, 0.25) is 0 Å². The van der Waals surface area contributed by atoms with Gasteiger partial charge in [0.05, 0.1) is 11.0 Å². The van der Waals surface area contributed by atoms with Crippen molar-refractivity contribution >= 4 is 11.6 Å². The van der Waals surface area contributed by atoms with E-state index in [1.54, 1.807) is 0 Å². The van der Waals surface area contributed by atoms with Gasteiger partial charge in [0, 0.05) is 17.3 Å². The third kappa shape index (κ3) is 1.97. The fourth-order valence-electron chi connectivity index (χ4n) is 8.00. The molecule has 0 unspecified atom stereocenters. The van der Waals surface area contributed by atoms with E-state index in [0.29, 0.717) is 29.1 Å². The number of rotatable bonds is 0. The summed E-state index contributed by atoms with van der Waals surface area (Å²) in [6.07, 6.45) is 13.2. The molecule has 0 saturated heterocycles. The molecule has 27 heavy (non-hydrogen) atoms. The lowest BCUT2D eigenvalue weighted by molar-refractivity contribution is -0.131. The van der Waals surface area contributed by atoms with Gasteiger partial charge in [0.25, 0.3) is 0 Å². The molecule has 3 saturated carbocycles. The molecule has 5 atom stereocenters. The average Bonchev–Trinajstić information content (AvgIpc) is 3.25. The van der Waals surface area contributed by atoms with Crippen molar-refractivity contribution in [3.63, 3.8) is 0 Å². The number of allylic oxidation sites excluding steroid dienone is 4. The normalized spacial score (nSPS) is 44.9. The Morgan fingerprint density at radius 2 is 1.81 bits per heavy atom. The highest BCUT2D eigenvalue weighted by Gasteiger charge is 2.62. The lowest BCUT2D eigenvalue weighted by atomic mass is 9.45. The van der Waals surface area contributed by atoms with Crippen molar-refractivity contribution in [2.75, 3.05) is 0 Å². The van der Waals surface area contributed by atoms with Gasteiger partial charge in [-0.2, -0.15) is 5.26 Å². The molecule has 0 aromatic heterocycles. The molecule has 5 rings (SSSR count). The average molecular weight is 364 g/mol. The molecule has 0 amide bonds. The van der Waals surface area contributed by atoms with Gasteiger partial charge < -0.3 is 0 Å². The lowest BCUT2D eigenvalue weighted by Gasteiger charge is -2.57. The smallest absolute Gasteiger partial charge is 0.183 e. The Kier molecular flexibility index (Phi) is 3.50. The quantitative estimate of drug-likeness (QED) is 0.574. The highest BCUT2D eigenvalue weighted by atomic mass is 16.1. The van der Waals surface area contributed by atoms with Crippen LogP contribution in [0.4, 0.5) is 0 Å². The van der Waals surface area contributed by atoms with Crippen LogP contribution in [-0.4, -0.2) is 11.6 Å². The first-order valence-electron chi connectivity index (χ1n) is 10.8. The summed E-state index contributed by atoms with van der Waals surface area (Å²) in [5.74, 6) is 1.98. The van der Waals surface area contributed by atoms with E-state index in [4.69, 9.17) is 0 Å². The summed E-state index contributed by atoms with van der Waals surface area (Å²) in [6.45, 7) is 4.49. The number of hydrogen-bond donors (Lipinski definition) is 0. The van der Waals surface area contributed by atoms with Crippen LogP contribution in [0.5, 0.6) is 0 Å². The first-order valence-corrected chi connectivity index (χ1v) is 10.8. The molecule has 3 fully saturated rings. The molecule has 0 aromatic rings. The van der Waals surface area contributed by atoms with Crippen LogP contribution in [0.3, 0.4) is 0 Å². The van der Waals surface area contributed by atoms with Crippen LogP contribution in [0.1, 0.15) is 71.6 Å². The predicted octanol–water partition coefficient (Wildman–Crippen LogP) is 4.93. The van der Waals surface area contributed by atoms with Crippen molar-refractivity contribution in [1.29, 1.82) is 5.26 Å². The first kappa shape index (κ1) is 17.4. The van der Waals surface area contributed by atoms with E-state index in [2.05, 4.69) is 26.0 Å². The summed E-state index contributed by atoms with van der Waals surface area (Å²) in [7, 11) is 0. The number of fused-ring (bicyclic) bond motifs is 6. The number of nitrogens with zero attached hydrogens (tertiary/aromatic N) is 1. The van der Waals surface area contributed by atoms with Crippen LogP contribution in [-0.2, 0) is 9.59 Å². The largest absolute Gasteiger partial charge is 0.299 e. The molecule has 5 aliphatic rings. The Labute approximate surface area is 161 Å². The maximum Gasteiger partial charge on any atom is 0.183 e. The SMILES string of the molecule is C[C@]12C=C(C#N)C(=O)C3(CCCC3)C1=CC[C@@H]1[C@@H]2CC[C@]2(C)C(=O)CC[C@@H]12. The topological polar surface area (TPSA) is 57.9 Å². The maximum absolute atomic E-state index is 13.2. The Morgan fingerprint density at radius 3 is 2.52 bits per heavy atom. The van der Waals surface area contributed by atoms with E-state index in [1.165, 1.54) is 5.57 Å². The highest BCUT2D eigenvalue weighted by Crippen LogP contribution is 2.67. The molecule has 0 heterocycles. The molecule has 0 radical (unpaired) electrons. The van der Waals surface area contributed by atoms with Crippen LogP contribution in [0, 0.1) is 45.3 Å². The van der Waals surface area contributed by atoms with E-state index in [9.17, 15) is 14.9 Å². The summed E-state index contributed by atoms with van der Waals surface area (Å²) in [6, 6.07) is 2.25. The number of hydrogen-bond acceptors (Lipinski definition) is 3. The molecule has 3 heteroatoms. The minimum Gasteiger partial charge on any atom is -0.299 e. The minimum atomic E-state index is -0.411. The molecule has 0 N–H and O–H groups in total. The van der Waals surface area contributed by atoms with Gasteiger partial charge >= 0.3 is 0 Å². The molecular weight excluding hydrogens is 334 g/mol. The summed E-state index contributed by atoms with van der Waals surface area (Å²) < 4.78 is 0. The molecule has 0 bridgehead atoms. The zero-order valence-electron chi connectivity index (χ0n) is 16.5. The van der Waals surface area contributed by atoms with E-state index in [1.807, 2.05) is 6.08 Å². The Balaban J connectivity index is 1.65. The van der Waals surface area contributed by atoms with Gasteiger partial charge in [0.1, 0.15) is 11.9 Å². The van der Waals surface area contributed by atoms with Gasteiger partial charge in [-0.25, -0.2) is 0 Å². The summed E-state index contributed by atoms with van der Waals surface area (Å²) >= 11 is 0. The minimum absolute atomic E-state index is 0.0846. The molecule has 5 aliphatic carbocycles. The molecule has 3 nitrogen and oxygen atoms in total. The molecular formula is C24H29NO2. The fraction of sp³-hybridized carbons (Fsp3) is 0.708. The van der Waals surface area contributed by atoms with E-state index < -0.39 is 5.41 Å². The van der Waals surface area contributed by atoms with Crippen LogP contribution >= 0.6 is 0 Å². The van der Waals surface area contributed by atoms with E-state index >= 15 is 0 Å². The van der Waals surface area contributed by atoms with Gasteiger partial charge in [-0.15, -0.1) is 0 Å². The van der Waals surface area contributed by atoms with Gasteiger partial charge in [-0.05, 0) is 56.3 Å². The van der Waals surface area contributed by atoms with Crippen LogP contribution < -0.4 is 0 Å². The third-order valence-electron chi connectivity index (χ3n) is 9.31. The second-order valence-corrected chi connectivity index (χ2v) is 10.2. The summed E-state index contributed by atoms with van der Waals surface area (Å²) in [4.78, 5) is 25.8. The summed E-state index contributed by atoms with van der Waals surface area (Å²) in [5, 5.41) is 9.73. The van der Waals surface area contributed by atoms with Crippen molar-refractivity contribution < 1.29 is 9.59 Å². The predicted molar refractivity (Wildman–Crippen MR) is 102 cm³/mol. The van der Waals surface area contributed by atoms with Gasteiger partial charge in [-0.3, -0.25) is 9.59 Å². The van der Waals surface area contributed by atoms with E-state index in [0.717, 1.165) is 57.8 Å². The summed E-state index contributed by atoms with van der Waals surface area (Å²) in [5.41, 5.74) is 0.976. The number of carbonyl (C=O) groups excluding carboxylic acids is 2. The first-order chi connectivity index (χ1) is 12.9. The Bertz CT molecular complexity index is 837. The van der Waals surface area contributed by atoms with Crippen molar-refractivity contribution in [1.82, 2.24) is 0 Å². The maximum atomic E-state index is 13.2. The number of nitriles is 1. The second-order valence-electron chi connectivity index (χ2n) is 10.2. The zero-order chi connectivity index (χ0) is 19.0. The van der Waals surface area contributed by atoms with Gasteiger partial charge in [0.15, 0.2) is 5.78 Å². The molecule has 1 spiro atoms. The standard InChI is InChI=1S/C24H29NO2/c1-22-12-9-18-16(17(22)6-8-20(22)26)5-7-19-23(18,2)13-15(14-25)21(27)24(19)10-3-4-11-24/h7,13,16-18H,3-6,8-12H2,1-2H3/t16-,17-,18-,22-,23+/m0/s1. The zero-order valence-corrected chi connectivity index (χ0v) is 16.5. The van der Waals surface area contributed by atoms with Crippen molar-refractivity contribution in [3.05, 3.63) is 23.3 Å². The molecule has 142 valence electrons. The third-order valence-corrected chi connectivity index (χ3v) is 9.31. The number of Topliss-reactive ketones (excluding diaryl/α,β-unsaturated/α-hetero) is 2. The van der Waals surface area contributed by atoms with Crippen LogP contribution in [0.15, 0.2) is 23.3 Å². The van der Waals surface area contributed by atoms with E-state index in [-0.39, 0.29) is 16.6 Å². The Hall–Kier alpha value is -1.69. The highest BCUT2D eigenvalue weighted by molar-refractivity contribution is 6.07.